The van der Waals surface area contributed by atoms with Gasteiger partial charge in [0.15, 0.2) is 0 Å². The predicted octanol–water partition coefficient (Wildman–Crippen LogP) is 3.90. The van der Waals surface area contributed by atoms with Crippen LogP contribution in [0.3, 0.4) is 0 Å². The van der Waals surface area contributed by atoms with Crippen molar-refractivity contribution in [2.24, 2.45) is 0 Å². The van der Waals surface area contributed by atoms with E-state index in [1.165, 1.54) is 64.2 Å². The van der Waals surface area contributed by atoms with Gasteiger partial charge in [0, 0.05) is 25.9 Å². The average molecular weight is 272 g/mol. The lowest BCUT2D eigenvalue weighted by Gasteiger charge is -2.35. The van der Waals surface area contributed by atoms with E-state index < -0.39 is 8.80 Å². The lowest BCUT2D eigenvalue weighted by molar-refractivity contribution is -0.00232. The third-order valence-electron chi connectivity index (χ3n) is 4.24. The maximum Gasteiger partial charge on any atom is 0.497 e. The number of hydrogen-bond donors (Lipinski definition) is 0. The summed E-state index contributed by atoms with van der Waals surface area (Å²) in [5.74, 6) is 0. The average Bonchev–Trinajstić information content (AvgIpc) is 2.41. The lowest BCUT2D eigenvalue weighted by atomic mass is 9.98. The summed E-state index contributed by atoms with van der Waals surface area (Å²) in [5, 5.41) is 0. The number of rotatable bonds is 5. The highest BCUT2D eigenvalue weighted by Crippen LogP contribution is 2.28. The highest BCUT2D eigenvalue weighted by Gasteiger charge is 2.39. The van der Waals surface area contributed by atoms with Crippen molar-refractivity contribution in [3.05, 3.63) is 0 Å². The quantitative estimate of drug-likeness (QED) is 0.710. The van der Waals surface area contributed by atoms with Gasteiger partial charge >= 0.3 is 8.80 Å². The molecule has 0 spiro atoms. The van der Waals surface area contributed by atoms with Crippen molar-refractivity contribution in [2.45, 2.75) is 83.0 Å². The fraction of sp³-hybridized carbons (Fsp3) is 1.00. The van der Waals surface area contributed by atoms with Gasteiger partial charge in [-0.3, -0.25) is 0 Å². The van der Waals surface area contributed by atoms with Crippen molar-refractivity contribution < 1.29 is 13.3 Å². The fourth-order valence-electron chi connectivity index (χ4n) is 3.10. The Labute approximate surface area is 113 Å². The third kappa shape index (κ3) is 4.33. The zero-order valence-electron chi connectivity index (χ0n) is 12.0. The van der Waals surface area contributed by atoms with Gasteiger partial charge < -0.3 is 13.3 Å². The van der Waals surface area contributed by atoms with Crippen LogP contribution < -0.4 is 0 Å². The molecule has 0 heterocycles. The van der Waals surface area contributed by atoms with Crippen LogP contribution in [0.2, 0.25) is 6.55 Å². The molecule has 0 saturated heterocycles. The van der Waals surface area contributed by atoms with Crippen molar-refractivity contribution in [1.82, 2.24) is 0 Å². The van der Waals surface area contributed by atoms with Gasteiger partial charge in [-0.25, -0.2) is 0 Å². The Bertz CT molecular complexity index is 215. The first-order valence-corrected chi connectivity index (χ1v) is 9.85. The van der Waals surface area contributed by atoms with Crippen LogP contribution >= 0.6 is 0 Å². The van der Waals surface area contributed by atoms with E-state index in [1.54, 1.807) is 7.11 Å². The molecule has 0 unspecified atom stereocenters. The van der Waals surface area contributed by atoms with Crippen LogP contribution in [0.5, 0.6) is 0 Å². The molecule has 0 aromatic carbocycles. The summed E-state index contributed by atoms with van der Waals surface area (Å²) < 4.78 is 18.1. The van der Waals surface area contributed by atoms with Crippen LogP contribution in [0.4, 0.5) is 0 Å². The van der Waals surface area contributed by atoms with Crippen LogP contribution in [-0.2, 0) is 13.3 Å². The minimum absolute atomic E-state index is 0.374. The molecule has 0 bridgehead atoms. The van der Waals surface area contributed by atoms with Crippen LogP contribution in [0.25, 0.3) is 0 Å². The van der Waals surface area contributed by atoms with Gasteiger partial charge in [-0.1, -0.05) is 38.5 Å². The maximum absolute atomic E-state index is 6.23. The van der Waals surface area contributed by atoms with Gasteiger partial charge in [-0.2, -0.15) is 0 Å². The van der Waals surface area contributed by atoms with E-state index in [0.29, 0.717) is 12.2 Å². The normalized spacial score (nSPS) is 24.3. The Balaban J connectivity index is 1.83. The molecular formula is C14H28O3Si. The summed E-state index contributed by atoms with van der Waals surface area (Å²) in [6.07, 6.45) is 13.4. The molecule has 0 N–H and O–H groups in total. The molecule has 0 radical (unpaired) electrons. The molecule has 3 nitrogen and oxygen atoms in total. The van der Waals surface area contributed by atoms with E-state index >= 15 is 0 Å². The van der Waals surface area contributed by atoms with Gasteiger partial charge in [-0.05, 0) is 25.7 Å². The Kier molecular flexibility index (Phi) is 5.67. The first-order valence-electron chi connectivity index (χ1n) is 7.63. The second-order valence-corrected chi connectivity index (χ2v) is 8.43. The Morgan fingerprint density at radius 3 is 1.44 bits per heavy atom. The van der Waals surface area contributed by atoms with Gasteiger partial charge in [-0.15, -0.1) is 0 Å². The molecule has 2 aliphatic carbocycles. The first kappa shape index (κ1) is 14.5. The molecule has 0 amide bonds. The van der Waals surface area contributed by atoms with Crippen LogP contribution in [0.1, 0.15) is 64.2 Å². The predicted molar refractivity (Wildman–Crippen MR) is 74.5 cm³/mol. The minimum atomic E-state index is -2.40. The monoisotopic (exact) mass is 272 g/mol. The summed E-state index contributed by atoms with van der Waals surface area (Å²) in [6, 6.07) is 0. The Morgan fingerprint density at radius 1 is 0.722 bits per heavy atom. The standard InChI is InChI=1S/C14H28O3Si/c1-15-18(2,16-13-9-5-3-6-10-13)17-14-11-7-4-8-12-14/h13-14H,3-12H2,1-2H3. The molecule has 0 aromatic rings. The van der Waals surface area contributed by atoms with E-state index in [-0.39, 0.29) is 0 Å². The summed E-state index contributed by atoms with van der Waals surface area (Å²) in [5.41, 5.74) is 0. The molecule has 106 valence electrons. The molecule has 0 atom stereocenters. The van der Waals surface area contributed by atoms with E-state index in [2.05, 4.69) is 6.55 Å². The van der Waals surface area contributed by atoms with E-state index in [9.17, 15) is 0 Å². The second-order valence-electron chi connectivity index (χ2n) is 5.82. The summed E-state index contributed by atoms with van der Waals surface area (Å²) in [4.78, 5) is 0. The van der Waals surface area contributed by atoms with Crippen LogP contribution in [0.15, 0.2) is 0 Å². The molecule has 2 fully saturated rings. The molecule has 2 aliphatic rings. The number of hydrogen-bond acceptors (Lipinski definition) is 3. The van der Waals surface area contributed by atoms with Crippen molar-refractivity contribution in [3.8, 4) is 0 Å². The molecule has 18 heavy (non-hydrogen) atoms. The topological polar surface area (TPSA) is 27.7 Å². The fourth-order valence-corrected chi connectivity index (χ4v) is 5.03. The van der Waals surface area contributed by atoms with E-state index in [4.69, 9.17) is 13.3 Å². The lowest BCUT2D eigenvalue weighted by Crippen LogP contribution is -2.47. The Morgan fingerprint density at radius 2 is 1.11 bits per heavy atom. The van der Waals surface area contributed by atoms with Gasteiger partial charge in [0.1, 0.15) is 0 Å². The van der Waals surface area contributed by atoms with Crippen LogP contribution in [-0.4, -0.2) is 28.1 Å². The van der Waals surface area contributed by atoms with Crippen molar-refractivity contribution >= 4 is 8.80 Å². The smallest absolute Gasteiger partial charge is 0.377 e. The van der Waals surface area contributed by atoms with Crippen molar-refractivity contribution in [3.63, 3.8) is 0 Å². The SMILES string of the molecule is CO[Si](C)(OC1CCCCC1)OC1CCCCC1. The van der Waals surface area contributed by atoms with Crippen molar-refractivity contribution in [1.29, 1.82) is 0 Å². The molecule has 0 aromatic heterocycles. The largest absolute Gasteiger partial charge is 0.497 e. The zero-order valence-corrected chi connectivity index (χ0v) is 13.0. The van der Waals surface area contributed by atoms with Crippen LogP contribution in [0, 0.1) is 0 Å². The minimum Gasteiger partial charge on any atom is -0.377 e. The molecular weight excluding hydrogens is 244 g/mol. The summed E-state index contributed by atoms with van der Waals surface area (Å²) in [6.45, 7) is 2.07. The first-order chi connectivity index (χ1) is 8.72. The molecule has 2 saturated carbocycles. The van der Waals surface area contributed by atoms with Crippen molar-refractivity contribution in [2.75, 3.05) is 7.11 Å². The molecule has 4 heteroatoms. The summed E-state index contributed by atoms with van der Waals surface area (Å²) in [7, 11) is -0.650. The highest BCUT2D eigenvalue weighted by molar-refractivity contribution is 6.59. The molecule has 2 rings (SSSR count). The molecule has 0 aliphatic heterocycles. The van der Waals surface area contributed by atoms with Gasteiger partial charge in [0.25, 0.3) is 0 Å². The van der Waals surface area contributed by atoms with E-state index in [0.717, 1.165) is 0 Å². The maximum atomic E-state index is 6.23. The second kappa shape index (κ2) is 7.03. The van der Waals surface area contributed by atoms with E-state index in [1.807, 2.05) is 0 Å². The van der Waals surface area contributed by atoms with Gasteiger partial charge in [0.05, 0.1) is 0 Å². The summed E-state index contributed by atoms with van der Waals surface area (Å²) >= 11 is 0. The van der Waals surface area contributed by atoms with Gasteiger partial charge in [0.2, 0.25) is 0 Å². The Hall–Kier alpha value is 0.0969. The third-order valence-corrected chi connectivity index (χ3v) is 6.50. The highest BCUT2D eigenvalue weighted by atomic mass is 28.4. The zero-order chi connectivity index (χ0) is 12.8.